The smallest absolute Gasteiger partial charge is 0.314 e. The van der Waals surface area contributed by atoms with Crippen LogP contribution in [-0.4, -0.2) is 44.4 Å². The molecule has 22 heavy (non-hydrogen) atoms. The van der Waals surface area contributed by atoms with E-state index in [1.54, 1.807) is 6.07 Å². The van der Waals surface area contributed by atoms with Crippen LogP contribution in [-0.2, 0) is 16.4 Å². The Kier molecular flexibility index (Phi) is 7.31. The monoisotopic (exact) mass is 347 g/mol. The van der Waals surface area contributed by atoms with Crippen molar-refractivity contribution in [2.75, 3.05) is 19.6 Å². The van der Waals surface area contributed by atoms with Gasteiger partial charge in [-0.2, -0.15) is 4.31 Å². The summed E-state index contributed by atoms with van der Waals surface area (Å²) in [7, 11) is -3.39. The third-order valence-electron chi connectivity index (χ3n) is 3.01. The lowest BCUT2D eigenvalue weighted by molar-refractivity contribution is 0.238. The highest BCUT2D eigenvalue weighted by Crippen LogP contribution is 2.25. The fourth-order valence-electron chi connectivity index (χ4n) is 1.93. The number of urea groups is 1. The van der Waals surface area contributed by atoms with Crippen molar-refractivity contribution in [1.29, 1.82) is 0 Å². The molecule has 1 aromatic rings. The Morgan fingerprint density at radius 2 is 1.91 bits per heavy atom. The van der Waals surface area contributed by atoms with Crippen LogP contribution in [0.4, 0.5) is 4.79 Å². The highest BCUT2D eigenvalue weighted by atomic mass is 32.2. The second kappa shape index (κ2) is 8.50. The quantitative estimate of drug-likeness (QED) is 0.755. The zero-order chi connectivity index (χ0) is 16.8. The molecule has 0 fully saturated rings. The number of sulfonamides is 1. The molecule has 0 aromatic carbocycles. The molecule has 8 heteroatoms. The lowest BCUT2D eigenvalue weighted by atomic mass is 10.3. The summed E-state index contributed by atoms with van der Waals surface area (Å²) in [5.74, 6) is 0. The van der Waals surface area contributed by atoms with Crippen molar-refractivity contribution in [2.45, 2.75) is 44.4 Å². The standard InChI is InChI=1S/C14H25N3O3S2/c1-5-17(6-2)22(19,20)13-8-7-12(21-13)9-10-15-14(18)16-11(3)4/h7-8,11H,5-6,9-10H2,1-4H3,(H2,15,16,18). The molecular weight excluding hydrogens is 322 g/mol. The van der Waals surface area contributed by atoms with Gasteiger partial charge in [0.05, 0.1) is 0 Å². The Balaban J connectivity index is 2.60. The van der Waals surface area contributed by atoms with E-state index < -0.39 is 10.0 Å². The van der Waals surface area contributed by atoms with Crippen LogP contribution in [0.1, 0.15) is 32.6 Å². The van der Waals surface area contributed by atoms with Gasteiger partial charge in [-0.1, -0.05) is 13.8 Å². The van der Waals surface area contributed by atoms with Gasteiger partial charge in [0.15, 0.2) is 0 Å². The first-order valence-electron chi connectivity index (χ1n) is 7.44. The molecule has 6 nitrogen and oxygen atoms in total. The first-order chi connectivity index (χ1) is 10.3. The van der Waals surface area contributed by atoms with E-state index in [1.807, 2.05) is 33.8 Å². The lowest BCUT2D eigenvalue weighted by Crippen LogP contribution is -2.40. The van der Waals surface area contributed by atoms with Crippen molar-refractivity contribution in [1.82, 2.24) is 14.9 Å². The van der Waals surface area contributed by atoms with Crippen molar-refractivity contribution in [3.63, 3.8) is 0 Å². The lowest BCUT2D eigenvalue weighted by Gasteiger charge is -2.16. The van der Waals surface area contributed by atoms with E-state index in [-0.39, 0.29) is 12.1 Å². The molecule has 0 aliphatic heterocycles. The first kappa shape index (κ1) is 18.9. The fourth-order valence-corrected chi connectivity index (χ4v) is 4.90. The summed E-state index contributed by atoms with van der Waals surface area (Å²) in [6.07, 6.45) is 0.615. The van der Waals surface area contributed by atoms with Crippen molar-refractivity contribution < 1.29 is 13.2 Å². The van der Waals surface area contributed by atoms with Crippen LogP contribution in [0.25, 0.3) is 0 Å². The number of amides is 2. The molecule has 0 aliphatic carbocycles. The number of hydrogen-bond acceptors (Lipinski definition) is 4. The van der Waals surface area contributed by atoms with Crippen LogP contribution in [0.2, 0.25) is 0 Å². The van der Waals surface area contributed by atoms with E-state index in [9.17, 15) is 13.2 Å². The van der Waals surface area contributed by atoms with E-state index in [0.717, 1.165) is 4.88 Å². The summed E-state index contributed by atoms with van der Waals surface area (Å²) in [5, 5.41) is 5.49. The van der Waals surface area contributed by atoms with E-state index in [2.05, 4.69) is 10.6 Å². The van der Waals surface area contributed by atoms with E-state index >= 15 is 0 Å². The molecule has 0 unspecified atom stereocenters. The maximum Gasteiger partial charge on any atom is 0.314 e. The van der Waals surface area contributed by atoms with Crippen molar-refractivity contribution in [2.24, 2.45) is 0 Å². The predicted octanol–water partition coefficient (Wildman–Crippen LogP) is 2.03. The Morgan fingerprint density at radius 3 is 2.45 bits per heavy atom. The molecule has 1 heterocycles. The van der Waals surface area contributed by atoms with E-state index in [0.29, 0.717) is 30.3 Å². The summed E-state index contributed by atoms with van der Waals surface area (Å²) in [6.45, 7) is 8.84. The van der Waals surface area contributed by atoms with Crippen LogP contribution < -0.4 is 10.6 Å². The summed E-state index contributed by atoms with van der Waals surface area (Å²) in [6, 6.07) is 3.33. The molecule has 2 N–H and O–H groups in total. The van der Waals surface area contributed by atoms with Gasteiger partial charge in [-0.15, -0.1) is 11.3 Å². The third kappa shape index (κ3) is 5.26. The fraction of sp³-hybridized carbons (Fsp3) is 0.643. The van der Waals surface area contributed by atoms with Gasteiger partial charge in [0.1, 0.15) is 4.21 Å². The SMILES string of the molecule is CCN(CC)S(=O)(=O)c1ccc(CCNC(=O)NC(C)C)s1. The van der Waals surface area contributed by atoms with Crippen LogP contribution in [0.3, 0.4) is 0 Å². The second-order valence-electron chi connectivity index (χ2n) is 5.12. The van der Waals surface area contributed by atoms with Crippen molar-refractivity contribution >= 4 is 27.4 Å². The van der Waals surface area contributed by atoms with Crippen LogP contribution in [0.15, 0.2) is 16.3 Å². The average Bonchev–Trinajstić information content (AvgIpc) is 2.88. The minimum absolute atomic E-state index is 0.0903. The highest BCUT2D eigenvalue weighted by molar-refractivity contribution is 7.91. The van der Waals surface area contributed by atoms with Gasteiger partial charge in [-0.05, 0) is 32.4 Å². The first-order valence-corrected chi connectivity index (χ1v) is 9.70. The number of rotatable bonds is 8. The average molecular weight is 348 g/mol. The molecule has 0 atom stereocenters. The molecule has 1 aromatic heterocycles. The van der Waals surface area contributed by atoms with Gasteiger partial charge < -0.3 is 10.6 Å². The minimum Gasteiger partial charge on any atom is -0.338 e. The van der Waals surface area contributed by atoms with E-state index in [4.69, 9.17) is 0 Å². The minimum atomic E-state index is -3.39. The number of carbonyl (C=O) groups excluding carboxylic acids is 1. The van der Waals surface area contributed by atoms with Crippen LogP contribution in [0.5, 0.6) is 0 Å². The molecule has 0 saturated carbocycles. The molecule has 0 saturated heterocycles. The highest BCUT2D eigenvalue weighted by Gasteiger charge is 2.23. The molecule has 1 rings (SSSR count). The molecule has 126 valence electrons. The van der Waals surface area contributed by atoms with Gasteiger partial charge in [0.25, 0.3) is 10.0 Å². The molecule has 0 radical (unpaired) electrons. The van der Waals surface area contributed by atoms with Gasteiger partial charge in [-0.25, -0.2) is 13.2 Å². The Labute approximate surface area is 137 Å². The molecule has 0 spiro atoms. The normalized spacial score (nSPS) is 11.9. The summed E-state index contributed by atoms with van der Waals surface area (Å²) < 4.78 is 26.5. The number of hydrogen-bond donors (Lipinski definition) is 2. The summed E-state index contributed by atoms with van der Waals surface area (Å²) >= 11 is 1.26. The van der Waals surface area contributed by atoms with Crippen molar-refractivity contribution in [3.05, 3.63) is 17.0 Å². The Hall–Kier alpha value is -1.12. The van der Waals surface area contributed by atoms with Gasteiger partial charge in [0, 0.05) is 30.6 Å². The Bertz CT molecular complexity index is 578. The number of nitrogens with one attached hydrogen (secondary N) is 2. The second-order valence-corrected chi connectivity index (χ2v) is 8.45. The van der Waals surface area contributed by atoms with Gasteiger partial charge in [-0.3, -0.25) is 0 Å². The van der Waals surface area contributed by atoms with Gasteiger partial charge >= 0.3 is 6.03 Å². The molecule has 0 bridgehead atoms. The number of nitrogens with zero attached hydrogens (tertiary/aromatic N) is 1. The van der Waals surface area contributed by atoms with Crippen LogP contribution >= 0.6 is 11.3 Å². The summed E-state index contributed by atoms with van der Waals surface area (Å²) in [4.78, 5) is 12.4. The van der Waals surface area contributed by atoms with Crippen LogP contribution in [0, 0.1) is 0 Å². The Morgan fingerprint density at radius 1 is 1.27 bits per heavy atom. The molecular formula is C14H25N3O3S2. The third-order valence-corrected chi connectivity index (χ3v) is 6.68. The summed E-state index contributed by atoms with van der Waals surface area (Å²) in [5.41, 5.74) is 0. The molecule has 0 aliphatic rings. The topological polar surface area (TPSA) is 78.5 Å². The number of thiophene rings is 1. The molecule has 2 amide bonds. The number of carbonyl (C=O) groups is 1. The van der Waals surface area contributed by atoms with E-state index in [1.165, 1.54) is 15.6 Å². The predicted molar refractivity (Wildman–Crippen MR) is 89.8 cm³/mol. The zero-order valence-corrected chi connectivity index (χ0v) is 15.2. The van der Waals surface area contributed by atoms with Gasteiger partial charge in [0.2, 0.25) is 0 Å². The zero-order valence-electron chi connectivity index (χ0n) is 13.5. The maximum absolute atomic E-state index is 12.4. The largest absolute Gasteiger partial charge is 0.338 e. The maximum atomic E-state index is 12.4. The van der Waals surface area contributed by atoms with Crippen molar-refractivity contribution in [3.8, 4) is 0 Å².